The van der Waals surface area contributed by atoms with Gasteiger partial charge in [0.2, 0.25) is 5.69 Å². The molecule has 13 heteroatoms. The summed E-state index contributed by atoms with van der Waals surface area (Å²) in [5.41, 5.74) is 3.72. The summed E-state index contributed by atoms with van der Waals surface area (Å²) in [4.78, 5) is 28.5. The van der Waals surface area contributed by atoms with Gasteiger partial charge in [-0.1, -0.05) is 0 Å². The number of carbonyl (C=O) groups excluding carboxylic acids is 2. The molecule has 1 aromatic carbocycles. The first-order valence-electron chi connectivity index (χ1n) is 14.8. The molecule has 12 nitrogen and oxygen atoms in total. The van der Waals surface area contributed by atoms with Crippen molar-refractivity contribution in [3.05, 3.63) is 45.6 Å². The van der Waals surface area contributed by atoms with E-state index < -0.39 is 5.97 Å². The van der Waals surface area contributed by atoms with Gasteiger partial charge in [-0.05, 0) is 63.9 Å². The number of esters is 1. The average molecular weight is 642 g/mol. The molecule has 0 amide bonds. The molecule has 0 fully saturated rings. The molecule has 1 aromatic heterocycles. The highest BCUT2D eigenvalue weighted by molar-refractivity contribution is 7.17. The number of rotatable bonds is 22. The minimum absolute atomic E-state index is 0.0392. The van der Waals surface area contributed by atoms with E-state index in [1.165, 1.54) is 18.3 Å². The summed E-state index contributed by atoms with van der Waals surface area (Å²) >= 11 is 1.18. The number of carbonyl (C=O) groups is 2. The van der Waals surface area contributed by atoms with Crippen molar-refractivity contribution in [3.8, 4) is 6.07 Å². The first kappa shape index (κ1) is 37.5. The molecule has 2 aromatic rings. The Hall–Kier alpha value is -3.72. The number of azo groups is 1. The van der Waals surface area contributed by atoms with Crippen molar-refractivity contribution in [3.63, 3.8) is 0 Å². The fourth-order valence-corrected chi connectivity index (χ4v) is 4.87. The molecule has 1 heterocycles. The Morgan fingerprint density at radius 2 is 1.56 bits per heavy atom. The van der Waals surface area contributed by atoms with Crippen LogP contribution in [0.4, 0.5) is 22.1 Å². The molecule has 0 aliphatic carbocycles. The van der Waals surface area contributed by atoms with Gasteiger partial charge in [0.25, 0.3) is 0 Å². The van der Waals surface area contributed by atoms with Gasteiger partial charge in [0, 0.05) is 24.7 Å². The molecule has 45 heavy (non-hydrogen) atoms. The number of hydrogen-bond acceptors (Lipinski definition) is 12. The van der Waals surface area contributed by atoms with Gasteiger partial charge in [0.15, 0.2) is 0 Å². The van der Waals surface area contributed by atoms with E-state index in [1.54, 1.807) is 6.92 Å². The van der Waals surface area contributed by atoms with Crippen LogP contribution in [0.25, 0.3) is 4.85 Å². The molecule has 0 spiro atoms. The molecule has 0 N–H and O–H groups in total. The maximum Gasteiger partial charge on any atom is 0.306 e. The lowest BCUT2D eigenvalue weighted by Gasteiger charge is -2.29. The lowest BCUT2D eigenvalue weighted by Crippen LogP contribution is -2.34. The Morgan fingerprint density at radius 3 is 2.09 bits per heavy atom. The molecule has 0 aliphatic rings. The van der Waals surface area contributed by atoms with E-state index in [-0.39, 0.29) is 37.9 Å². The summed E-state index contributed by atoms with van der Waals surface area (Å²) in [6.45, 7) is 21.1. The van der Waals surface area contributed by atoms with E-state index in [4.69, 9.17) is 30.3 Å². The highest BCUT2D eigenvalue weighted by atomic mass is 32.1. The summed E-state index contributed by atoms with van der Waals surface area (Å²) in [5, 5.41) is 18.3. The average Bonchev–Trinajstić information content (AvgIpc) is 3.32. The van der Waals surface area contributed by atoms with Gasteiger partial charge in [-0.25, -0.2) is 4.85 Å². The van der Waals surface area contributed by atoms with Crippen LogP contribution in [0.3, 0.4) is 0 Å². The molecule has 0 saturated heterocycles. The zero-order chi connectivity index (χ0) is 33.0. The maximum atomic E-state index is 11.4. The monoisotopic (exact) mass is 641 g/mol. The van der Waals surface area contributed by atoms with E-state index in [2.05, 4.69) is 46.0 Å². The van der Waals surface area contributed by atoms with Crippen molar-refractivity contribution in [1.82, 2.24) is 0 Å². The van der Waals surface area contributed by atoms with Crippen LogP contribution in [0, 0.1) is 31.8 Å². The number of anilines is 1. The highest BCUT2D eigenvalue weighted by Gasteiger charge is 2.16. The molecule has 2 rings (SSSR count). The zero-order valence-corrected chi connectivity index (χ0v) is 27.6. The molecule has 244 valence electrons. The number of nitrogens with zero attached hydrogens (tertiary/aromatic N) is 5. The van der Waals surface area contributed by atoms with E-state index >= 15 is 0 Å². The van der Waals surface area contributed by atoms with Gasteiger partial charge < -0.3 is 33.4 Å². The quantitative estimate of drug-likeness (QED) is 0.0619. The lowest BCUT2D eigenvalue weighted by molar-refractivity contribution is -0.146. The number of benzene rings is 1. The number of ketones is 1. The summed E-state index contributed by atoms with van der Waals surface area (Å²) < 4.78 is 27.1. The molecule has 0 bridgehead atoms. The Balaban J connectivity index is 1.61. The van der Waals surface area contributed by atoms with Crippen molar-refractivity contribution in [1.29, 1.82) is 5.26 Å². The van der Waals surface area contributed by atoms with Gasteiger partial charge >= 0.3 is 5.97 Å². The maximum absolute atomic E-state index is 11.4. The summed E-state index contributed by atoms with van der Waals surface area (Å²) in [6.07, 6.45) is 0.294. The van der Waals surface area contributed by atoms with Gasteiger partial charge in [0.05, 0.1) is 76.4 Å². The van der Waals surface area contributed by atoms with Crippen LogP contribution < -0.4 is 4.90 Å². The second-order valence-electron chi connectivity index (χ2n) is 10.3. The van der Waals surface area contributed by atoms with Crippen molar-refractivity contribution >= 4 is 45.2 Å². The van der Waals surface area contributed by atoms with Crippen molar-refractivity contribution < 1.29 is 33.3 Å². The molecule has 0 saturated carbocycles. The normalized spacial score (nSPS) is 11.1. The van der Waals surface area contributed by atoms with Crippen LogP contribution in [-0.2, 0) is 33.3 Å². The second kappa shape index (κ2) is 21.1. The van der Waals surface area contributed by atoms with Crippen molar-refractivity contribution in [2.24, 2.45) is 10.2 Å². The van der Waals surface area contributed by atoms with Crippen LogP contribution in [0.15, 0.2) is 28.4 Å². The topological polar surface area (TPSA) is 136 Å². The number of hydrogen-bond donors (Lipinski definition) is 0. The largest absolute Gasteiger partial charge is 0.463 e. The van der Waals surface area contributed by atoms with E-state index in [9.17, 15) is 14.9 Å². The minimum atomic E-state index is -0.398. The van der Waals surface area contributed by atoms with Crippen LogP contribution in [-0.4, -0.2) is 83.8 Å². The van der Waals surface area contributed by atoms with E-state index in [0.29, 0.717) is 79.6 Å². The smallest absolute Gasteiger partial charge is 0.306 e. The predicted molar refractivity (Wildman–Crippen MR) is 172 cm³/mol. The molecule has 0 unspecified atom stereocenters. The molecule has 0 aliphatic heterocycles. The van der Waals surface area contributed by atoms with Gasteiger partial charge in [-0.15, -0.1) is 11.3 Å². The number of ether oxygens (including phenoxy) is 5. The zero-order valence-electron chi connectivity index (χ0n) is 26.8. The van der Waals surface area contributed by atoms with Gasteiger partial charge in [-0.3, -0.25) is 4.79 Å². The number of nitriles is 1. The Kier molecular flexibility index (Phi) is 17.6. The van der Waals surface area contributed by atoms with Gasteiger partial charge in [0.1, 0.15) is 23.5 Å². The molecular formula is C32H43N5O7S. The third kappa shape index (κ3) is 13.9. The Bertz CT molecular complexity index is 1350. The van der Waals surface area contributed by atoms with E-state index in [0.717, 1.165) is 11.3 Å². The molecular weight excluding hydrogens is 598 g/mol. The SMILES string of the molecule is [C-]#[N+]c1c(N=Nc2ccc(N(CCOCCOCCOCCOCCOC(=O)CCC(C)=O)C(C)C)cc2C)sc(C#N)c1C. The highest BCUT2D eigenvalue weighted by Crippen LogP contribution is 2.42. The summed E-state index contributed by atoms with van der Waals surface area (Å²) in [6, 6.07) is 8.34. The Morgan fingerprint density at radius 1 is 0.956 bits per heavy atom. The third-order valence-corrected chi connectivity index (χ3v) is 7.53. The Labute approximate surface area is 269 Å². The van der Waals surface area contributed by atoms with Crippen LogP contribution in [0.2, 0.25) is 0 Å². The first-order chi connectivity index (χ1) is 21.7. The van der Waals surface area contributed by atoms with Crippen molar-refractivity contribution in [2.75, 3.05) is 70.9 Å². The number of aryl methyl sites for hydroxylation is 1. The van der Waals surface area contributed by atoms with Crippen LogP contribution >= 0.6 is 11.3 Å². The van der Waals surface area contributed by atoms with Gasteiger partial charge in [-0.2, -0.15) is 15.5 Å². The predicted octanol–water partition coefficient (Wildman–Crippen LogP) is 6.40. The third-order valence-electron chi connectivity index (χ3n) is 6.46. The molecule has 0 atom stereocenters. The summed E-state index contributed by atoms with van der Waals surface area (Å²) in [5.74, 6) is -0.438. The number of Topliss-reactive ketones (excluding diaryl/α,β-unsaturated/α-hetero) is 1. The van der Waals surface area contributed by atoms with Crippen molar-refractivity contribution in [2.45, 2.75) is 53.5 Å². The molecule has 0 radical (unpaired) electrons. The van der Waals surface area contributed by atoms with Crippen LogP contribution in [0.1, 0.15) is 49.6 Å². The number of thiophene rings is 1. The fraction of sp³-hybridized carbons (Fsp3) is 0.562. The first-order valence-corrected chi connectivity index (χ1v) is 15.7. The van der Waals surface area contributed by atoms with Crippen LogP contribution in [0.5, 0.6) is 0 Å². The minimum Gasteiger partial charge on any atom is -0.463 e. The summed E-state index contributed by atoms with van der Waals surface area (Å²) in [7, 11) is 0. The fourth-order valence-electron chi connectivity index (χ4n) is 4.00. The second-order valence-corrected chi connectivity index (χ2v) is 11.3. The lowest BCUT2D eigenvalue weighted by atomic mass is 10.1. The standard InChI is InChI=1S/C32H43N5O7S/c1-23(2)37(27-8-9-28(24(3)21-27)35-36-32-31(34-6)26(5)29(22-33)45-32)11-12-40-13-14-41-15-16-42-17-18-43-19-20-44-30(39)10-7-25(4)38/h8-9,21,23H,7,10-20H2,1-5H3. The van der Waals surface area contributed by atoms with E-state index in [1.807, 2.05) is 19.1 Å².